The molecule has 1 heterocycles. The van der Waals surface area contributed by atoms with Gasteiger partial charge in [-0.25, -0.2) is 0 Å². The zero-order chi connectivity index (χ0) is 9.83. The molecule has 3 aromatic rings. The van der Waals surface area contributed by atoms with Gasteiger partial charge in [0.25, 0.3) is 0 Å². The van der Waals surface area contributed by atoms with Crippen LogP contribution in [0.4, 0.5) is 0 Å². The molecule has 0 amide bonds. The molecule has 0 saturated heterocycles. The van der Waals surface area contributed by atoms with E-state index >= 15 is 0 Å². The van der Waals surface area contributed by atoms with Crippen LogP contribution >= 0.6 is 0 Å². The molecule has 1 aliphatic carbocycles. The fourth-order valence-corrected chi connectivity index (χ4v) is 2.37. The molecular weight excluding hydrogens is 188 g/mol. The molecule has 72 valence electrons. The first-order chi connectivity index (χ1) is 7.43. The van der Waals surface area contributed by atoms with Crippen molar-refractivity contribution < 1.29 is 9.15 Å². The highest BCUT2D eigenvalue weighted by Crippen LogP contribution is 2.41. The predicted molar refractivity (Wildman–Crippen MR) is 56.7 cm³/mol. The number of fused-ring (bicyclic) bond motifs is 5. The van der Waals surface area contributed by atoms with E-state index in [1.807, 2.05) is 6.07 Å². The Morgan fingerprint density at radius 2 is 1.80 bits per heavy atom. The molecule has 2 aromatic carbocycles. The summed E-state index contributed by atoms with van der Waals surface area (Å²) in [5, 5.41) is 0. The van der Waals surface area contributed by atoms with E-state index in [4.69, 9.17) is 9.15 Å². The van der Waals surface area contributed by atoms with Crippen LogP contribution in [0.25, 0.3) is 22.3 Å². The standard InChI is InChI=1S/C13H8O2/c1-2-4-9-8(3-1)7-11-10(9)5-6-12-13(11)15-14-12/h1-6H,7H2. The van der Waals surface area contributed by atoms with Crippen LogP contribution in [0, 0.1) is 0 Å². The van der Waals surface area contributed by atoms with E-state index in [1.165, 1.54) is 22.3 Å². The fraction of sp³-hybridized carbons (Fsp3) is 0.0769. The van der Waals surface area contributed by atoms with Crippen molar-refractivity contribution in [3.8, 4) is 11.1 Å². The minimum absolute atomic E-state index is 0.863. The molecule has 1 aromatic heterocycles. The normalized spacial score (nSPS) is 13.1. The maximum atomic E-state index is 5.05. The average molecular weight is 196 g/mol. The van der Waals surface area contributed by atoms with Crippen LogP contribution in [0.5, 0.6) is 0 Å². The van der Waals surface area contributed by atoms with E-state index in [0.29, 0.717) is 0 Å². The molecule has 0 unspecified atom stereocenters. The number of hydrogen-bond acceptors (Lipinski definition) is 2. The van der Waals surface area contributed by atoms with Crippen molar-refractivity contribution in [3.63, 3.8) is 0 Å². The monoisotopic (exact) mass is 196 g/mol. The Balaban J connectivity index is 2.11. The number of hydrogen-bond donors (Lipinski definition) is 0. The third-order valence-electron chi connectivity index (χ3n) is 3.11. The summed E-state index contributed by atoms with van der Waals surface area (Å²) in [6.07, 6.45) is 0.956. The van der Waals surface area contributed by atoms with Crippen LogP contribution in [0.2, 0.25) is 0 Å². The highest BCUT2D eigenvalue weighted by atomic mass is 17.0. The molecule has 0 atom stereocenters. The summed E-state index contributed by atoms with van der Waals surface area (Å²) in [7, 11) is 0. The molecule has 0 saturated carbocycles. The smallest absolute Gasteiger partial charge is 0.229 e. The van der Waals surface area contributed by atoms with Crippen LogP contribution in [0.3, 0.4) is 0 Å². The summed E-state index contributed by atoms with van der Waals surface area (Å²) in [5.74, 6) is 0. The van der Waals surface area contributed by atoms with Crippen molar-refractivity contribution in [1.82, 2.24) is 0 Å². The Morgan fingerprint density at radius 1 is 0.867 bits per heavy atom. The third kappa shape index (κ3) is 0.796. The van der Waals surface area contributed by atoms with Crippen molar-refractivity contribution in [2.24, 2.45) is 0 Å². The molecule has 0 N–H and O–H groups in total. The molecule has 0 fully saturated rings. The molecule has 0 radical (unpaired) electrons. The van der Waals surface area contributed by atoms with Gasteiger partial charge in [0, 0.05) is 12.0 Å². The highest BCUT2D eigenvalue weighted by molar-refractivity contribution is 5.89. The first-order valence-corrected chi connectivity index (χ1v) is 5.02. The Bertz CT molecular complexity index is 658. The van der Waals surface area contributed by atoms with E-state index in [9.17, 15) is 0 Å². The summed E-state index contributed by atoms with van der Waals surface area (Å²) in [4.78, 5) is 0. The third-order valence-corrected chi connectivity index (χ3v) is 3.11. The van der Waals surface area contributed by atoms with Gasteiger partial charge < -0.3 is 0 Å². The Morgan fingerprint density at radius 3 is 2.67 bits per heavy atom. The van der Waals surface area contributed by atoms with Crippen molar-refractivity contribution >= 4 is 11.2 Å². The zero-order valence-corrected chi connectivity index (χ0v) is 7.99. The first-order valence-electron chi connectivity index (χ1n) is 5.02. The van der Waals surface area contributed by atoms with Crippen LogP contribution in [0.1, 0.15) is 11.1 Å². The lowest BCUT2D eigenvalue weighted by Crippen LogP contribution is -1.85. The van der Waals surface area contributed by atoms with Crippen molar-refractivity contribution in [1.29, 1.82) is 0 Å². The Labute approximate surface area is 86.0 Å². The second-order valence-electron chi connectivity index (χ2n) is 3.92. The van der Waals surface area contributed by atoms with Gasteiger partial charge >= 0.3 is 0 Å². The van der Waals surface area contributed by atoms with Gasteiger partial charge in [-0.3, -0.25) is 9.15 Å². The topological polar surface area (TPSA) is 26.3 Å². The molecule has 15 heavy (non-hydrogen) atoms. The number of benzene rings is 2. The van der Waals surface area contributed by atoms with Crippen molar-refractivity contribution in [2.45, 2.75) is 6.42 Å². The second-order valence-corrected chi connectivity index (χ2v) is 3.92. The maximum absolute atomic E-state index is 5.05. The Hall–Kier alpha value is -1.96. The van der Waals surface area contributed by atoms with Crippen molar-refractivity contribution in [3.05, 3.63) is 47.5 Å². The molecule has 0 bridgehead atoms. The SMILES string of the molecule is c1ccc2c(c1)Cc1c-2ccc2ooc12. The van der Waals surface area contributed by atoms with Gasteiger partial charge in [0.1, 0.15) is 0 Å². The lowest BCUT2D eigenvalue weighted by Gasteiger charge is -2.03. The quantitative estimate of drug-likeness (QED) is 0.402. The van der Waals surface area contributed by atoms with Gasteiger partial charge in [0.2, 0.25) is 11.2 Å². The van der Waals surface area contributed by atoms with Gasteiger partial charge in [0.15, 0.2) is 0 Å². The van der Waals surface area contributed by atoms with Gasteiger partial charge in [-0.1, -0.05) is 24.3 Å². The average Bonchev–Trinajstić information content (AvgIpc) is 2.56. The van der Waals surface area contributed by atoms with E-state index in [2.05, 4.69) is 30.3 Å². The predicted octanol–water partition coefficient (Wildman–Crippen LogP) is 3.60. The summed E-state index contributed by atoms with van der Waals surface area (Å²) in [6, 6.07) is 12.6. The summed E-state index contributed by atoms with van der Waals surface area (Å²) < 4.78 is 9.95. The van der Waals surface area contributed by atoms with Gasteiger partial charge in [-0.2, -0.15) is 0 Å². The molecule has 2 heteroatoms. The second kappa shape index (κ2) is 2.34. The molecule has 0 spiro atoms. The highest BCUT2D eigenvalue weighted by Gasteiger charge is 2.23. The van der Waals surface area contributed by atoms with E-state index in [1.54, 1.807) is 0 Å². The minimum atomic E-state index is 0.863. The minimum Gasteiger partial charge on any atom is -0.286 e. The van der Waals surface area contributed by atoms with E-state index < -0.39 is 0 Å². The first kappa shape index (κ1) is 7.35. The van der Waals surface area contributed by atoms with Gasteiger partial charge in [-0.05, 0) is 28.8 Å². The van der Waals surface area contributed by atoms with Crippen molar-refractivity contribution in [2.75, 3.05) is 0 Å². The number of rotatable bonds is 0. The molecule has 2 nitrogen and oxygen atoms in total. The van der Waals surface area contributed by atoms with Gasteiger partial charge in [-0.15, -0.1) is 0 Å². The van der Waals surface area contributed by atoms with Crippen LogP contribution in [-0.2, 0) is 6.42 Å². The molecule has 4 rings (SSSR count). The largest absolute Gasteiger partial charge is 0.286 e. The van der Waals surface area contributed by atoms with E-state index in [-0.39, 0.29) is 0 Å². The van der Waals surface area contributed by atoms with Gasteiger partial charge in [0.05, 0.1) is 0 Å². The van der Waals surface area contributed by atoms with Crippen LogP contribution in [-0.4, -0.2) is 0 Å². The molecule has 0 aliphatic heterocycles. The zero-order valence-electron chi connectivity index (χ0n) is 7.99. The summed E-state index contributed by atoms with van der Waals surface area (Å²) >= 11 is 0. The lowest BCUT2D eigenvalue weighted by atomic mass is 10.1. The molecular formula is C13H8O2. The fourth-order valence-electron chi connectivity index (χ4n) is 2.37. The lowest BCUT2D eigenvalue weighted by molar-refractivity contribution is 0.0583. The molecule has 1 aliphatic rings. The summed E-state index contributed by atoms with van der Waals surface area (Å²) in [6.45, 7) is 0. The van der Waals surface area contributed by atoms with Crippen LogP contribution in [0.15, 0.2) is 45.6 Å². The van der Waals surface area contributed by atoms with E-state index in [0.717, 1.165) is 17.6 Å². The van der Waals surface area contributed by atoms with Crippen LogP contribution < -0.4 is 0 Å². The summed E-state index contributed by atoms with van der Waals surface area (Å²) in [5.41, 5.74) is 7.03. The maximum Gasteiger partial charge on any atom is 0.229 e. The Kier molecular flexibility index (Phi) is 1.15.